The smallest absolute Gasteiger partial charge is 0.385 e. The molecular weight excluding hydrogens is 460 g/mol. The third kappa shape index (κ3) is 3.19. The molecule has 11 heteroatoms. The summed E-state index contributed by atoms with van der Waals surface area (Å²) in [5.41, 5.74) is -6.69. The maximum absolute atomic E-state index is 14.9. The Morgan fingerprint density at radius 3 is 2.41 bits per heavy atom. The number of benzene rings is 2. The van der Waals surface area contributed by atoms with Crippen molar-refractivity contribution in [3.05, 3.63) is 63.5 Å². The number of rotatable bonds is 2. The van der Waals surface area contributed by atoms with Crippen molar-refractivity contribution in [3.63, 3.8) is 0 Å². The predicted molar refractivity (Wildman–Crippen MR) is 99.3 cm³/mol. The Kier molecular flexibility index (Phi) is 5.29. The molecule has 170 valence electrons. The van der Waals surface area contributed by atoms with E-state index in [2.05, 4.69) is 0 Å². The van der Waals surface area contributed by atoms with Crippen LogP contribution in [-0.2, 0) is 16.3 Å². The molecule has 2 aliphatic rings. The van der Waals surface area contributed by atoms with Crippen LogP contribution in [0.1, 0.15) is 64.4 Å². The average molecular weight is 475 g/mol. The highest BCUT2D eigenvalue weighted by Crippen LogP contribution is 2.52. The number of nitriles is 1. The Morgan fingerprint density at radius 2 is 1.78 bits per heavy atom. The van der Waals surface area contributed by atoms with Crippen LogP contribution in [0.5, 0.6) is 0 Å². The second-order valence-electron chi connectivity index (χ2n) is 7.80. The SMILES string of the molecule is N#Cc1cc(F)cc2c1[C@@H](c1ccc(S(=O)(=O)C(F)(F)F)c3c1[C@H](F)[C@@H](F)[C@H]3O)CCC2. The summed E-state index contributed by atoms with van der Waals surface area (Å²) in [4.78, 5) is -1.41. The van der Waals surface area contributed by atoms with Crippen molar-refractivity contribution in [2.45, 2.75) is 54.0 Å². The first-order valence-corrected chi connectivity index (χ1v) is 11.0. The number of aryl methyl sites for hydroxylation is 1. The molecule has 0 saturated carbocycles. The van der Waals surface area contributed by atoms with Gasteiger partial charge in [-0.25, -0.2) is 21.6 Å². The molecule has 4 rings (SSSR count). The number of hydrogen-bond acceptors (Lipinski definition) is 4. The van der Waals surface area contributed by atoms with Crippen molar-refractivity contribution in [2.75, 3.05) is 0 Å². The normalized spacial score (nSPS) is 25.2. The first-order chi connectivity index (χ1) is 14.9. The molecule has 4 atom stereocenters. The molecule has 0 unspecified atom stereocenters. The topological polar surface area (TPSA) is 78.2 Å². The van der Waals surface area contributed by atoms with Crippen LogP contribution >= 0.6 is 0 Å². The van der Waals surface area contributed by atoms with E-state index in [-0.39, 0.29) is 17.5 Å². The van der Waals surface area contributed by atoms with Gasteiger partial charge in [0.25, 0.3) is 9.84 Å². The minimum Gasteiger partial charge on any atom is -0.385 e. The third-order valence-electron chi connectivity index (χ3n) is 6.04. The molecule has 0 saturated heterocycles. The molecule has 4 nitrogen and oxygen atoms in total. The highest BCUT2D eigenvalue weighted by Gasteiger charge is 2.53. The summed E-state index contributed by atoms with van der Waals surface area (Å²) < 4.78 is 107. The van der Waals surface area contributed by atoms with Crippen LogP contribution in [-0.4, -0.2) is 25.2 Å². The number of hydrogen-bond donors (Lipinski definition) is 1. The van der Waals surface area contributed by atoms with E-state index in [1.807, 2.05) is 6.07 Å². The molecule has 0 aliphatic heterocycles. The Hall–Kier alpha value is -2.58. The van der Waals surface area contributed by atoms with Gasteiger partial charge in [0.15, 0.2) is 12.3 Å². The molecule has 0 amide bonds. The highest BCUT2D eigenvalue weighted by atomic mass is 32.2. The minimum absolute atomic E-state index is 0.0307. The van der Waals surface area contributed by atoms with Gasteiger partial charge in [0.05, 0.1) is 16.5 Å². The van der Waals surface area contributed by atoms with Crippen LogP contribution in [0.3, 0.4) is 0 Å². The van der Waals surface area contributed by atoms with Crippen molar-refractivity contribution >= 4 is 9.84 Å². The fraction of sp³-hybridized carbons (Fsp3) is 0.381. The molecule has 0 spiro atoms. The number of fused-ring (bicyclic) bond motifs is 2. The Morgan fingerprint density at radius 1 is 1.09 bits per heavy atom. The van der Waals surface area contributed by atoms with E-state index in [1.54, 1.807) is 0 Å². The summed E-state index contributed by atoms with van der Waals surface area (Å²) in [6, 6.07) is 5.55. The quantitative estimate of drug-likeness (QED) is 0.630. The second kappa shape index (κ2) is 7.49. The number of aliphatic hydroxyl groups excluding tert-OH is 1. The Labute approximate surface area is 179 Å². The molecule has 32 heavy (non-hydrogen) atoms. The van der Waals surface area contributed by atoms with Gasteiger partial charge in [-0.15, -0.1) is 0 Å². The van der Waals surface area contributed by atoms with Crippen LogP contribution in [0.15, 0.2) is 29.2 Å². The minimum atomic E-state index is -6.00. The first-order valence-electron chi connectivity index (χ1n) is 9.56. The lowest BCUT2D eigenvalue weighted by atomic mass is 9.75. The average Bonchev–Trinajstić information content (AvgIpc) is 2.95. The van der Waals surface area contributed by atoms with Gasteiger partial charge in [-0.05, 0) is 54.2 Å². The monoisotopic (exact) mass is 475 g/mol. The molecule has 2 aliphatic carbocycles. The standard InChI is InChI=1S/C21H15F6NO3S/c22-11-6-9-2-1-3-12(15(9)10(7-11)8-28)13-4-5-14(32(30,31)21(25,26)27)17-16(13)18(23)19(24)20(17)29/h4-7,12,18-20,29H,1-3H2/t12-,18+,19-,20+/m1/s1. The summed E-state index contributed by atoms with van der Waals surface area (Å²) in [5, 5.41) is 19.6. The molecule has 0 fully saturated rings. The lowest BCUT2D eigenvalue weighted by Crippen LogP contribution is -2.25. The van der Waals surface area contributed by atoms with E-state index >= 15 is 0 Å². The van der Waals surface area contributed by atoms with Gasteiger partial charge >= 0.3 is 5.51 Å². The van der Waals surface area contributed by atoms with Crippen molar-refractivity contribution in [3.8, 4) is 6.07 Å². The summed E-state index contributed by atoms with van der Waals surface area (Å²) in [7, 11) is -6.00. The first kappa shape index (κ1) is 22.6. The van der Waals surface area contributed by atoms with Crippen LogP contribution < -0.4 is 0 Å². The van der Waals surface area contributed by atoms with Gasteiger partial charge in [-0.2, -0.15) is 18.4 Å². The van der Waals surface area contributed by atoms with E-state index in [9.17, 15) is 45.1 Å². The lowest BCUT2D eigenvalue weighted by molar-refractivity contribution is -0.0437. The number of sulfone groups is 1. The van der Waals surface area contributed by atoms with Gasteiger partial charge < -0.3 is 5.11 Å². The zero-order valence-electron chi connectivity index (χ0n) is 16.1. The summed E-state index contributed by atoms with van der Waals surface area (Å²) in [6.07, 6.45) is -6.52. The van der Waals surface area contributed by atoms with Crippen LogP contribution in [0.2, 0.25) is 0 Å². The van der Waals surface area contributed by atoms with E-state index in [0.29, 0.717) is 30.0 Å². The van der Waals surface area contributed by atoms with Crippen LogP contribution in [0, 0.1) is 17.1 Å². The number of aliphatic hydroxyl groups is 1. The fourth-order valence-corrected chi connectivity index (χ4v) is 5.74. The van der Waals surface area contributed by atoms with Crippen molar-refractivity contribution in [1.29, 1.82) is 5.26 Å². The number of alkyl halides is 5. The molecular formula is C21H15F6NO3S. The second-order valence-corrected chi connectivity index (χ2v) is 9.71. The van der Waals surface area contributed by atoms with Gasteiger partial charge in [-0.1, -0.05) is 6.07 Å². The molecule has 0 radical (unpaired) electrons. The van der Waals surface area contributed by atoms with Gasteiger partial charge in [0.2, 0.25) is 0 Å². The molecule has 0 aromatic heterocycles. The maximum atomic E-state index is 14.9. The fourth-order valence-electron chi connectivity index (χ4n) is 4.72. The molecule has 0 bridgehead atoms. The van der Waals surface area contributed by atoms with E-state index in [0.717, 1.165) is 12.1 Å². The van der Waals surface area contributed by atoms with Crippen molar-refractivity contribution in [2.24, 2.45) is 0 Å². The summed E-state index contributed by atoms with van der Waals surface area (Å²) in [5.74, 6) is -1.48. The van der Waals surface area contributed by atoms with Crippen LogP contribution in [0.25, 0.3) is 0 Å². The zero-order chi connectivity index (χ0) is 23.6. The largest absolute Gasteiger partial charge is 0.501 e. The number of nitrogens with zero attached hydrogens (tertiary/aromatic N) is 1. The molecule has 2 aromatic carbocycles. The van der Waals surface area contributed by atoms with Gasteiger partial charge in [0.1, 0.15) is 11.9 Å². The molecule has 0 heterocycles. The van der Waals surface area contributed by atoms with E-state index < -0.39 is 61.6 Å². The van der Waals surface area contributed by atoms with Crippen molar-refractivity contribution in [1.82, 2.24) is 0 Å². The number of halogens is 6. The van der Waals surface area contributed by atoms with Gasteiger partial charge in [0, 0.05) is 17.0 Å². The predicted octanol–water partition coefficient (Wildman–Crippen LogP) is 4.85. The zero-order valence-corrected chi connectivity index (χ0v) is 16.9. The van der Waals surface area contributed by atoms with E-state index in [1.165, 1.54) is 6.07 Å². The third-order valence-corrected chi connectivity index (χ3v) is 7.59. The maximum Gasteiger partial charge on any atom is 0.501 e. The summed E-state index contributed by atoms with van der Waals surface area (Å²) in [6.45, 7) is 0. The Bertz CT molecular complexity index is 1250. The Balaban J connectivity index is 2.01. The molecule has 1 N–H and O–H groups in total. The van der Waals surface area contributed by atoms with Crippen molar-refractivity contribution < 1.29 is 39.9 Å². The molecule has 2 aromatic rings. The summed E-state index contributed by atoms with van der Waals surface area (Å²) >= 11 is 0. The van der Waals surface area contributed by atoms with Gasteiger partial charge in [-0.3, -0.25) is 0 Å². The highest BCUT2D eigenvalue weighted by molar-refractivity contribution is 7.92. The lowest BCUT2D eigenvalue weighted by Gasteiger charge is -2.29. The van der Waals surface area contributed by atoms with E-state index in [4.69, 9.17) is 0 Å². The van der Waals surface area contributed by atoms with Crippen LogP contribution in [0.4, 0.5) is 26.3 Å².